The van der Waals surface area contributed by atoms with Gasteiger partial charge < -0.3 is 0 Å². The van der Waals surface area contributed by atoms with Crippen molar-refractivity contribution < 1.29 is 0 Å². The molecule has 1 rings (SSSR count). The van der Waals surface area contributed by atoms with Gasteiger partial charge in [-0.1, -0.05) is 0 Å². The highest BCUT2D eigenvalue weighted by Crippen LogP contribution is 2.24. The molecular weight excluding hydrogens is 150 g/mol. The standard InChI is InChI=1S/C6H11NS2/c7-6-3-5(4-8)1-2-9-6/h5,7-8H,1-4H2. The lowest BCUT2D eigenvalue weighted by molar-refractivity contribution is 0.600. The Morgan fingerprint density at radius 3 is 3.00 bits per heavy atom. The molecule has 0 aromatic rings. The molecule has 0 aliphatic carbocycles. The highest BCUT2D eigenvalue weighted by atomic mass is 32.2. The van der Waals surface area contributed by atoms with Crippen LogP contribution in [0.4, 0.5) is 0 Å². The van der Waals surface area contributed by atoms with E-state index in [0.717, 1.165) is 23.0 Å². The third-order valence-electron chi connectivity index (χ3n) is 1.53. The van der Waals surface area contributed by atoms with Gasteiger partial charge in [0, 0.05) is 0 Å². The molecular formula is C6H11NS2. The van der Waals surface area contributed by atoms with E-state index in [1.807, 2.05) is 0 Å². The van der Waals surface area contributed by atoms with Crippen molar-refractivity contribution in [3.8, 4) is 0 Å². The van der Waals surface area contributed by atoms with E-state index in [4.69, 9.17) is 5.41 Å². The molecule has 1 aliphatic heterocycles. The van der Waals surface area contributed by atoms with Crippen molar-refractivity contribution in [2.75, 3.05) is 11.5 Å². The molecule has 0 bridgehead atoms. The molecule has 0 aromatic heterocycles. The summed E-state index contributed by atoms with van der Waals surface area (Å²) in [4.78, 5) is 0. The van der Waals surface area contributed by atoms with Crippen molar-refractivity contribution in [2.24, 2.45) is 5.92 Å². The van der Waals surface area contributed by atoms with Gasteiger partial charge in [-0.25, -0.2) is 0 Å². The molecule has 3 heteroatoms. The molecule has 0 spiro atoms. The molecule has 0 radical (unpaired) electrons. The van der Waals surface area contributed by atoms with E-state index < -0.39 is 0 Å². The van der Waals surface area contributed by atoms with Crippen molar-refractivity contribution in [1.82, 2.24) is 0 Å². The second-order valence-corrected chi connectivity index (χ2v) is 3.87. The van der Waals surface area contributed by atoms with Gasteiger partial charge in [0.2, 0.25) is 0 Å². The van der Waals surface area contributed by atoms with E-state index in [9.17, 15) is 0 Å². The summed E-state index contributed by atoms with van der Waals surface area (Å²) in [5, 5.41) is 8.20. The summed E-state index contributed by atoms with van der Waals surface area (Å²) in [5.41, 5.74) is 0. The monoisotopic (exact) mass is 161 g/mol. The molecule has 1 unspecified atom stereocenters. The molecule has 1 heterocycles. The zero-order chi connectivity index (χ0) is 6.69. The van der Waals surface area contributed by atoms with Crippen LogP contribution in [0.3, 0.4) is 0 Å². The Morgan fingerprint density at radius 1 is 1.78 bits per heavy atom. The van der Waals surface area contributed by atoms with Crippen molar-refractivity contribution >= 4 is 29.4 Å². The van der Waals surface area contributed by atoms with Gasteiger partial charge in [0.05, 0.1) is 5.04 Å². The maximum Gasteiger partial charge on any atom is 0.0644 e. The van der Waals surface area contributed by atoms with Gasteiger partial charge in [-0.3, -0.25) is 5.41 Å². The van der Waals surface area contributed by atoms with E-state index in [2.05, 4.69) is 12.6 Å². The Hall–Kier alpha value is 0.370. The Morgan fingerprint density at radius 2 is 2.56 bits per heavy atom. The van der Waals surface area contributed by atoms with E-state index in [1.54, 1.807) is 11.8 Å². The van der Waals surface area contributed by atoms with Crippen LogP contribution in [0.1, 0.15) is 12.8 Å². The SMILES string of the molecule is N=C1CC(CS)CCS1. The summed E-state index contributed by atoms with van der Waals surface area (Å²) in [5.74, 6) is 2.76. The first-order chi connectivity index (χ1) is 4.33. The van der Waals surface area contributed by atoms with Crippen LogP contribution in [0.2, 0.25) is 0 Å². The summed E-state index contributed by atoms with van der Waals surface area (Å²) in [6.45, 7) is 0. The number of thioether (sulfide) groups is 1. The average molecular weight is 161 g/mol. The number of rotatable bonds is 1. The number of thiol groups is 1. The van der Waals surface area contributed by atoms with Gasteiger partial charge in [0.15, 0.2) is 0 Å². The van der Waals surface area contributed by atoms with E-state index in [1.165, 1.54) is 6.42 Å². The molecule has 1 fully saturated rings. The molecule has 1 nitrogen and oxygen atoms in total. The minimum atomic E-state index is 0.682. The van der Waals surface area contributed by atoms with Crippen LogP contribution in [-0.4, -0.2) is 16.5 Å². The minimum Gasteiger partial charge on any atom is -0.298 e. The summed E-state index contributed by atoms with van der Waals surface area (Å²) < 4.78 is 0. The molecule has 52 valence electrons. The van der Waals surface area contributed by atoms with Crippen molar-refractivity contribution in [3.05, 3.63) is 0 Å². The number of hydrogen-bond donors (Lipinski definition) is 2. The molecule has 1 saturated heterocycles. The molecule has 0 saturated carbocycles. The maximum absolute atomic E-state index is 7.35. The fourth-order valence-electron chi connectivity index (χ4n) is 0.928. The topological polar surface area (TPSA) is 23.9 Å². The van der Waals surface area contributed by atoms with Gasteiger partial charge in [0.1, 0.15) is 0 Å². The molecule has 9 heavy (non-hydrogen) atoms. The average Bonchev–Trinajstić information content (AvgIpc) is 1.88. The normalized spacial score (nSPS) is 28.6. The first-order valence-electron chi connectivity index (χ1n) is 3.14. The third kappa shape index (κ3) is 2.22. The van der Waals surface area contributed by atoms with Crippen molar-refractivity contribution in [2.45, 2.75) is 12.8 Å². The van der Waals surface area contributed by atoms with Crippen LogP contribution >= 0.6 is 24.4 Å². The van der Waals surface area contributed by atoms with E-state index in [-0.39, 0.29) is 0 Å². The second kappa shape index (κ2) is 3.52. The third-order valence-corrected chi connectivity index (χ3v) is 3.01. The molecule has 1 N–H and O–H groups in total. The Bertz CT molecular complexity index is 114. The summed E-state index contributed by atoms with van der Waals surface area (Å²) in [6, 6.07) is 0. The van der Waals surface area contributed by atoms with Crippen LogP contribution in [0.15, 0.2) is 0 Å². The lowest BCUT2D eigenvalue weighted by atomic mass is 10.1. The van der Waals surface area contributed by atoms with Crippen LogP contribution in [-0.2, 0) is 0 Å². The summed E-state index contributed by atoms with van der Waals surface area (Å²) in [7, 11) is 0. The van der Waals surface area contributed by atoms with Gasteiger partial charge in [-0.05, 0) is 30.3 Å². The van der Waals surface area contributed by atoms with Gasteiger partial charge >= 0.3 is 0 Å². The molecule has 1 aliphatic rings. The predicted octanol–water partition coefficient (Wildman–Crippen LogP) is 2.04. The van der Waals surface area contributed by atoms with Gasteiger partial charge in [-0.15, -0.1) is 11.8 Å². The second-order valence-electron chi connectivity index (χ2n) is 2.31. The minimum absolute atomic E-state index is 0.682. The first-order valence-corrected chi connectivity index (χ1v) is 4.76. The van der Waals surface area contributed by atoms with Crippen LogP contribution in [0, 0.1) is 11.3 Å². The molecule has 0 amide bonds. The van der Waals surface area contributed by atoms with Crippen LogP contribution < -0.4 is 0 Å². The Kier molecular flexibility index (Phi) is 2.92. The van der Waals surface area contributed by atoms with Gasteiger partial charge in [0.25, 0.3) is 0 Å². The maximum atomic E-state index is 7.35. The molecule has 0 aromatic carbocycles. The fraction of sp³-hybridized carbons (Fsp3) is 0.833. The van der Waals surface area contributed by atoms with E-state index in [0.29, 0.717) is 5.92 Å². The van der Waals surface area contributed by atoms with Crippen LogP contribution in [0.5, 0.6) is 0 Å². The highest BCUT2D eigenvalue weighted by molar-refractivity contribution is 8.13. The number of hydrogen-bond acceptors (Lipinski definition) is 3. The Labute approximate surface area is 65.5 Å². The lowest BCUT2D eigenvalue weighted by Gasteiger charge is -2.19. The van der Waals surface area contributed by atoms with Crippen molar-refractivity contribution in [3.63, 3.8) is 0 Å². The zero-order valence-corrected chi connectivity index (χ0v) is 6.97. The van der Waals surface area contributed by atoms with E-state index >= 15 is 0 Å². The first kappa shape index (κ1) is 7.48. The lowest BCUT2D eigenvalue weighted by Crippen LogP contribution is -2.14. The number of nitrogens with one attached hydrogen (secondary N) is 1. The molecule has 1 atom stereocenters. The largest absolute Gasteiger partial charge is 0.298 e. The Balaban J connectivity index is 2.32. The highest BCUT2D eigenvalue weighted by Gasteiger charge is 2.15. The summed E-state index contributed by atoms with van der Waals surface area (Å²) in [6.07, 6.45) is 2.21. The smallest absolute Gasteiger partial charge is 0.0644 e. The van der Waals surface area contributed by atoms with Crippen molar-refractivity contribution in [1.29, 1.82) is 5.41 Å². The predicted molar refractivity (Wildman–Crippen MR) is 46.8 cm³/mol. The fourth-order valence-corrected chi connectivity index (χ4v) is 2.29. The summed E-state index contributed by atoms with van der Waals surface area (Å²) >= 11 is 5.88. The van der Waals surface area contributed by atoms with Crippen LogP contribution in [0.25, 0.3) is 0 Å². The zero-order valence-electron chi connectivity index (χ0n) is 5.26. The van der Waals surface area contributed by atoms with Gasteiger partial charge in [-0.2, -0.15) is 12.6 Å². The quantitative estimate of drug-likeness (QED) is 0.565.